The summed E-state index contributed by atoms with van der Waals surface area (Å²) < 4.78 is 4.72. The molecular formula is C25H36O3. The number of allylic oxidation sites excluding steroid dienone is 4. The van der Waals surface area contributed by atoms with E-state index in [9.17, 15) is 9.90 Å². The molecule has 3 heteroatoms. The summed E-state index contributed by atoms with van der Waals surface area (Å²) in [6.45, 7) is 6.95. The third-order valence-corrected chi connectivity index (χ3v) is 8.91. The fourth-order valence-electron chi connectivity index (χ4n) is 7.13. The molecule has 0 radical (unpaired) electrons. The fourth-order valence-corrected chi connectivity index (χ4v) is 7.13. The van der Waals surface area contributed by atoms with Gasteiger partial charge in [-0.05, 0) is 86.9 Å². The Bertz CT molecular complexity index is 743. The number of rotatable bonds is 3. The highest BCUT2D eigenvalue weighted by atomic mass is 16.5. The zero-order valence-corrected chi connectivity index (χ0v) is 18.0. The summed E-state index contributed by atoms with van der Waals surface area (Å²) in [5.74, 6) is 1.94. The lowest BCUT2D eigenvalue weighted by Crippen LogP contribution is -2.51. The third kappa shape index (κ3) is 3.10. The van der Waals surface area contributed by atoms with E-state index in [0.29, 0.717) is 5.92 Å². The number of aliphatic hydroxyl groups is 1. The van der Waals surface area contributed by atoms with E-state index in [1.165, 1.54) is 43.9 Å². The van der Waals surface area contributed by atoms with Gasteiger partial charge in [-0.25, -0.2) is 4.79 Å². The first-order valence-electron chi connectivity index (χ1n) is 11.1. The molecular weight excluding hydrogens is 348 g/mol. The van der Waals surface area contributed by atoms with Crippen molar-refractivity contribution in [2.75, 3.05) is 7.11 Å². The number of carbonyl (C=O) groups excluding carboxylic acids is 1. The Morgan fingerprint density at radius 3 is 2.68 bits per heavy atom. The summed E-state index contributed by atoms with van der Waals surface area (Å²) in [6.07, 6.45) is 17.1. The second-order valence-corrected chi connectivity index (χ2v) is 10.5. The van der Waals surface area contributed by atoms with Gasteiger partial charge in [0.2, 0.25) is 0 Å². The van der Waals surface area contributed by atoms with Gasteiger partial charge in [-0.2, -0.15) is 0 Å². The van der Waals surface area contributed by atoms with Gasteiger partial charge < -0.3 is 9.84 Å². The molecule has 2 fully saturated rings. The van der Waals surface area contributed by atoms with E-state index in [1.807, 2.05) is 13.0 Å². The van der Waals surface area contributed by atoms with E-state index in [4.69, 9.17) is 4.74 Å². The van der Waals surface area contributed by atoms with Gasteiger partial charge in [0.15, 0.2) is 0 Å². The van der Waals surface area contributed by atoms with Crippen LogP contribution in [0.15, 0.2) is 35.5 Å². The zero-order valence-electron chi connectivity index (χ0n) is 18.0. The lowest BCUT2D eigenvalue weighted by Gasteiger charge is -2.58. The molecule has 0 bridgehead atoms. The number of hydrogen-bond acceptors (Lipinski definition) is 3. The Labute approximate surface area is 169 Å². The van der Waals surface area contributed by atoms with Gasteiger partial charge in [-0.15, -0.1) is 0 Å². The molecule has 0 aromatic carbocycles. The lowest BCUT2D eigenvalue weighted by atomic mass is 9.46. The Morgan fingerprint density at radius 2 is 1.93 bits per heavy atom. The summed E-state index contributed by atoms with van der Waals surface area (Å²) in [7, 11) is 1.43. The molecule has 28 heavy (non-hydrogen) atoms. The van der Waals surface area contributed by atoms with E-state index in [0.717, 1.165) is 37.5 Å². The maximum absolute atomic E-state index is 11.4. The van der Waals surface area contributed by atoms with Gasteiger partial charge >= 0.3 is 5.97 Å². The topological polar surface area (TPSA) is 46.5 Å². The highest BCUT2D eigenvalue weighted by molar-refractivity contribution is 5.81. The van der Waals surface area contributed by atoms with Gasteiger partial charge in [0.25, 0.3) is 0 Å². The lowest BCUT2D eigenvalue weighted by molar-refractivity contribution is -0.134. The second kappa shape index (κ2) is 6.86. The number of hydrogen-bond donors (Lipinski definition) is 1. The number of carbonyl (C=O) groups is 1. The van der Waals surface area contributed by atoms with Crippen molar-refractivity contribution in [2.24, 2.45) is 28.6 Å². The van der Waals surface area contributed by atoms with Crippen LogP contribution in [0.25, 0.3) is 0 Å². The maximum atomic E-state index is 11.4. The Balaban J connectivity index is 1.53. The van der Waals surface area contributed by atoms with Gasteiger partial charge in [0.05, 0.1) is 12.7 Å². The first-order chi connectivity index (χ1) is 13.2. The molecule has 4 aliphatic carbocycles. The minimum Gasteiger partial charge on any atom is -0.466 e. The summed E-state index contributed by atoms with van der Waals surface area (Å²) in [5, 5.41) is 10.6. The minimum atomic E-state index is -0.518. The number of esters is 1. The van der Waals surface area contributed by atoms with Crippen LogP contribution in [0.1, 0.15) is 72.1 Å². The van der Waals surface area contributed by atoms with Crippen molar-refractivity contribution in [2.45, 2.75) is 77.7 Å². The first-order valence-corrected chi connectivity index (χ1v) is 11.1. The second-order valence-electron chi connectivity index (χ2n) is 10.5. The van der Waals surface area contributed by atoms with Crippen molar-refractivity contribution in [3.8, 4) is 0 Å². The average Bonchev–Trinajstić information content (AvgIpc) is 2.98. The highest BCUT2D eigenvalue weighted by Gasteiger charge is 2.57. The van der Waals surface area contributed by atoms with Gasteiger partial charge in [0.1, 0.15) is 0 Å². The molecule has 4 rings (SSSR count). The fraction of sp³-hybridized carbons (Fsp3) is 0.720. The molecule has 0 spiro atoms. The molecule has 0 amide bonds. The van der Waals surface area contributed by atoms with E-state index in [-0.39, 0.29) is 16.8 Å². The summed E-state index contributed by atoms with van der Waals surface area (Å²) in [5.41, 5.74) is 3.07. The number of methoxy groups -OCH3 is 1. The molecule has 0 aliphatic heterocycles. The van der Waals surface area contributed by atoms with Crippen molar-refractivity contribution in [1.82, 2.24) is 0 Å². The highest BCUT2D eigenvalue weighted by Crippen LogP contribution is 2.65. The molecule has 0 heterocycles. The molecule has 0 unspecified atom stereocenters. The maximum Gasteiger partial charge on any atom is 0.330 e. The van der Waals surface area contributed by atoms with Crippen molar-refractivity contribution in [3.05, 3.63) is 35.5 Å². The third-order valence-electron chi connectivity index (χ3n) is 8.91. The van der Waals surface area contributed by atoms with Crippen LogP contribution in [-0.2, 0) is 9.53 Å². The smallest absolute Gasteiger partial charge is 0.330 e. The predicted octanol–water partition coefficient (Wildman–Crippen LogP) is 5.36. The minimum absolute atomic E-state index is 0.267. The molecule has 1 N–H and O–H groups in total. The molecule has 0 aromatic heterocycles. The Kier molecular flexibility index (Phi) is 4.89. The zero-order chi connectivity index (χ0) is 20.2. The van der Waals surface area contributed by atoms with Crippen LogP contribution in [0.5, 0.6) is 0 Å². The van der Waals surface area contributed by atoms with Crippen LogP contribution in [0, 0.1) is 28.6 Å². The predicted molar refractivity (Wildman–Crippen MR) is 112 cm³/mol. The summed E-state index contributed by atoms with van der Waals surface area (Å²) in [6, 6.07) is 0. The van der Waals surface area contributed by atoms with Gasteiger partial charge in [0, 0.05) is 6.08 Å². The summed E-state index contributed by atoms with van der Waals surface area (Å²) in [4.78, 5) is 11.4. The first kappa shape index (κ1) is 19.9. The van der Waals surface area contributed by atoms with Crippen molar-refractivity contribution in [3.63, 3.8) is 0 Å². The SMILES string of the molecule is COC(=O)C=CCC1=CC[C@H]2[C@@H]3CC=C4C[C@@](C)(O)CC[C@]4(C)[C@H]3CC[C@]12C. The Hall–Kier alpha value is -1.35. The Morgan fingerprint density at radius 1 is 1.14 bits per heavy atom. The van der Waals surface area contributed by atoms with E-state index >= 15 is 0 Å². The molecule has 2 saturated carbocycles. The van der Waals surface area contributed by atoms with E-state index < -0.39 is 5.60 Å². The van der Waals surface area contributed by atoms with Crippen molar-refractivity contribution >= 4 is 5.97 Å². The standard InChI is InChI=1S/C25H36O3/c1-23(27)14-15-25(3)18(16-23)8-10-19-20-11-9-17(6-5-7-22(26)28-4)24(20,2)13-12-21(19)25/h5,7-9,19-21,27H,6,10-16H2,1-4H3/t19-,20-,21-,23-,24+,25-/m0/s1. The molecule has 0 aromatic rings. The molecule has 4 aliphatic rings. The van der Waals surface area contributed by atoms with Crippen molar-refractivity contribution in [1.29, 1.82) is 0 Å². The average molecular weight is 385 g/mol. The van der Waals surface area contributed by atoms with Crippen LogP contribution < -0.4 is 0 Å². The monoisotopic (exact) mass is 384 g/mol. The van der Waals surface area contributed by atoms with Gasteiger partial charge in [-0.1, -0.05) is 43.2 Å². The molecule has 154 valence electrons. The van der Waals surface area contributed by atoms with Crippen molar-refractivity contribution < 1.29 is 14.6 Å². The normalized spacial score (nSPS) is 45.0. The van der Waals surface area contributed by atoms with Gasteiger partial charge in [-0.3, -0.25) is 0 Å². The molecule has 3 nitrogen and oxygen atoms in total. The molecule has 0 saturated heterocycles. The number of fused-ring (bicyclic) bond motifs is 5. The van der Waals surface area contributed by atoms with Crippen LogP contribution in [0.4, 0.5) is 0 Å². The van der Waals surface area contributed by atoms with Crippen LogP contribution in [-0.4, -0.2) is 23.8 Å². The number of ether oxygens (including phenoxy) is 1. The largest absolute Gasteiger partial charge is 0.466 e. The quantitative estimate of drug-likeness (QED) is 0.405. The van der Waals surface area contributed by atoms with Crippen LogP contribution in [0.2, 0.25) is 0 Å². The van der Waals surface area contributed by atoms with Crippen LogP contribution >= 0.6 is 0 Å². The van der Waals surface area contributed by atoms with E-state index in [2.05, 4.69) is 26.0 Å². The molecule has 6 atom stereocenters. The summed E-state index contributed by atoms with van der Waals surface area (Å²) >= 11 is 0. The van der Waals surface area contributed by atoms with E-state index in [1.54, 1.807) is 6.08 Å². The van der Waals surface area contributed by atoms with Crippen LogP contribution in [0.3, 0.4) is 0 Å².